The maximum Gasteiger partial charge on any atom is 0.261 e. The van der Waals surface area contributed by atoms with E-state index in [0.717, 1.165) is 11.1 Å². The molecular weight excluding hydrogens is 548 g/mol. The van der Waals surface area contributed by atoms with Crippen LogP contribution in [0.4, 0.5) is 0 Å². The van der Waals surface area contributed by atoms with Gasteiger partial charge in [0.05, 0.1) is 29.0 Å². The first kappa shape index (κ1) is 28.0. The van der Waals surface area contributed by atoms with E-state index in [1.165, 1.54) is 0 Å². The van der Waals surface area contributed by atoms with Crippen molar-refractivity contribution in [3.05, 3.63) is 123 Å². The van der Waals surface area contributed by atoms with Crippen LogP contribution in [0.2, 0.25) is 5.02 Å². The minimum Gasteiger partial charge on any atom is -0.458 e. The molecule has 6 rings (SSSR count). The fraction of sp³-hybridized carbons (Fsp3) is 0.324. The van der Waals surface area contributed by atoms with E-state index in [0.29, 0.717) is 52.9 Å². The Bertz CT molecular complexity index is 1710. The highest BCUT2D eigenvalue weighted by atomic mass is 35.5. The zero-order valence-corrected chi connectivity index (χ0v) is 25.1. The average molecular weight is 583 g/mol. The molecule has 3 aromatic carbocycles. The van der Waals surface area contributed by atoms with Crippen LogP contribution in [0.3, 0.4) is 0 Å². The Balaban J connectivity index is 1.41. The van der Waals surface area contributed by atoms with Crippen LogP contribution in [-0.2, 0) is 22.4 Å². The first-order valence-electron chi connectivity index (χ1n) is 14.4. The van der Waals surface area contributed by atoms with Gasteiger partial charge in [-0.2, -0.15) is 0 Å². The number of ether oxygens (including phenoxy) is 2. The average Bonchev–Trinajstić information content (AvgIpc) is 3.55. The number of rotatable bonds is 8. The van der Waals surface area contributed by atoms with Crippen molar-refractivity contribution in [2.24, 2.45) is 10.9 Å². The van der Waals surface area contributed by atoms with Crippen molar-refractivity contribution >= 4 is 28.3 Å². The quantitative estimate of drug-likeness (QED) is 0.230. The first-order chi connectivity index (χ1) is 20.2. The van der Waals surface area contributed by atoms with Gasteiger partial charge >= 0.3 is 0 Å². The van der Waals surface area contributed by atoms with Gasteiger partial charge in [-0.05, 0) is 49.1 Å². The van der Waals surface area contributed by atoms with Crippen molar-refractivity contribution in [2.45, 2.75) is 58.5 Å². The molecule has 3 heterocycles. The lowest BCUT2D eigenvalue weighted by Gasteiger charge is -2.35. The number of nitrogens with zero attached hydrogens (tertiary/aromatic N) is 4. The Kier molecular flexibility index (Phi) is 7.54. The molecule has 0 amide bonds. The summed E-state index contributed by atoms with van der Waals surface area (Å²) < 4.78 is 14.1. The van der Waals surface area contributed by atoms with E-state index in [1.807, 2.05) is 48.5 Å². The predicted octanol–water partition coefficient (Wildman–Crippen LogP) is 6.75. The highest BCUT2D eigenvalue weighted by Crippen LogP contribution is 2.37. The summed E-state index contributed by atoms with van der Waals surface area (Å²) in [6.45, 7) is 9.53. The summed E-state index contributed by atoms with van der Waals surface area (Å²) in [4.78, 5) is 26.5. The van der Waals surface area contributed by atoms with Crippen LogP contribution in [0.25, 0.3) is 10.9 Å². The fourth-order valence-corrected chi connectivity index (χ4v) is 5.96. The van der Waals surface area contributed by atoms with Crippen LogP contribution < -0.4 is 5.56 Å². The van der Waals surface area contributed by atoms with Crippen molar-refractivity contribution in [1.82, 2.24) is 14.5 Å². The van der Waals surface area contributed by atoms with E-state index in [1.54, 1.807) is 29.0 Å². The molecule has 7 nitrogen and oxygen atoms in total. The van der Waals surface area contributed by atoms with Crippen molar-refractivity contribution in [3.63, 3.8) is 0 Å². The molecule has 0 aliphatic carbocycles. The normalized spacial score (nSPS) is 18.5. The number of amidine groups is 1. The van der Waals surface area contributed by atoms with E-state index in [9.17, 15) is 4.79 Å². The summed E-state index contributed by atoms with van der Waals surface area (Å²) in [7, 11) is 0. The summed E-state index contributed by atoms with van der Waals surface area (Å²) >= 11 is 6.36. The molecule has 216 valence electrons. The van der Waals surface area contributed by atoms with Crippen LogP contribution in [0, 0.1) is 5.92 Å². The molecule has 0 fully saturated rings. The lowest BCUT2D eigenvalue weighted by atomic mass is 9.98. The Morgan fingerprint density at radius 1 is 1.00 bits per heavy atom. The van der Waals surface area contributed by atoms with Crippen molar-refractivity contribution in [1.29, 1.82) is 0 Å². The van der Waals surface area contributed by atoms with Gasteiger partial charge in [0.2, 0.25) is 12.0 Å². The van der Waals surface area contributed by atoms with Crippen LogP contribution in [0.5, 0.6) is 0 Å². The van der Waals surface area contributed by atoms with Gasteiger partial charge in [0.1, 0.15) is 12.1 Å². The molecule has 0 saturated carbocycles. The SMILES string of the molecule is CC(C)C(c1nc2cc(Cl)ccc2c(=O)n1Cc1ccccc1)N1CC(C)(C)N=C1C1=COC(Cc2ccccc2)O1. The van der Waals surface area contributed by atoms with Gasteiger partial charge in [0.25, 0.3) is 5.56 Å². The summed E-state index contributed by atoms with van der Waals surface area (Å²) in [6, 6.07) is 25.1. The number of benzene rings is 3. The van der Waals surface area contributed by atoms with Crippen LogP contribution in [0.1, 0.15) is 50.7 Å². The zero-order chi connectivity index (χ0) is 29.4. The minimum absolute atomic E-state index is 0.0812. The molecule has 0 saturated heterocycles. The molecule has 42 heavy (non-hydrogen) atoms. The first-order valence-corrected chi connectivity index (χ1v) is 14.7. The van der Waals surface area contributed by atoms with Gasteiger partial charge in [0, 0.05) is 18.0 Å². The molecule has 1 aromatic heterocycles. The summed E-state index contributed by atoms with van der Waals surface area (Å²) in [5, 5.41) is 1.08. The molecule has 2 aliphatic rings. The maximum absolute atomic E-state index is 14.1. The van der Waals surface area contributed by atoms with E-state index in [4.69, 9.17) is 31.1 Å². The lowest BCUT2D eigenvalue weighted by Crippen LogP contribution is -2.42. The molecule has 2 atom stereocenters. The number of aromatic nitrogens is 2. The second-order valence-electron chi connectivity index (χ2n) is 11.9. The van der Waals surface area contributed by atoms with Crippen molar-refractivity contribution < 1.29 is 9.47 Å². The third-order valence-corrected chi connectivity index (χ3v) is 7.89. The Morgan fingerprint density at radius 3 is 2.38 bits per heavy atom. The summed E-state index contributed by atoms with van der Waals surface area (Å²) in [5.41, 5.74) is 2.26. The number of fused-ring (bicyclic) bond motifs is 1. The van der Waals surface area contributed by atoms with Gasteiger partial charge in [-0.25, -0.2) is 4.98 Å². The minimum atomic E-state index is -0.439. The fourth-order valence-electron chi connectivity index (χ4n) is 5.79. The molecular formula is C34H35ClN4O3. The Labute approximate surface area is 251 Å². The third kappa shape index (κ3) is 5.66. The number of aliphatic imine (C=N–C) groups is 1. The smallest absolute Gasteiger partial charge is 0.261 e. The van der Waals surface area contributed by atoms with Crippen molar-refractivity contribution in [3.8, 4) is 0 Å². The van der Waals surface area contributed by atoms with Gasteiger partial charge < -0.3 is 14.4 Å². The molecule has 0 bridgehead atoms. The standard InChI is InChI=1S/C34H35ClN4O3/c1-22(2)30(32-36-27-18-25(35)15-16-26(27)33(40)38(32)19-24-13-9-6-10-14-24)39-21-34(3,4)37-31(39)28-20-41-29(42-28)17-23-11-7-5-8-12-23/h5-16,18,20,22,29-30H,17,19,21H2,1-4H3. The highest BCUT2D eigenvalue weighted by molar-refractivity contribution is 6.31. The van der Waals surface area contributed by atoms with E-state index < -0.39 is 6.29 Å². The Morgan fingerprint density at radius 2 is 1.69 bits per heavy atom. The predicted molar refractivity (Wildman–Crippen MR) is 167 cm³/mol. The highest BCUT2D eigenvalue weighted by Gasteiger charge is 2.42. The number of hydrogen-bond acceptors (Lipinski definition) is 6. The zero-order valence-electron chi connectivity index (χ0n) is 24.3. The third-order valence-electron chi connectivity index (χ3n) is 7.65. The molecule has 2 unspecified atom stereocenters. The van der Waals surface area contributed by atoms with E-state index in [-0.39, 0.29) is 23.1 Å². The summed E-state index contributed by atoms with van der Waals surface area (Å²) in [5.74, 6) is 2.05. The van der Waals surface area contributed by atoms with Gasteiger partial charge in [-0.3, -0.25) is 14.4 Å². The van der Waals surface area contributed by atoms with Gasteiger partial charge in [0.15, 0.2) is 5.84 Å². The molecule has 0 spiro atoms. The van der Waals surface area contributed by atoms with Gasteiger partial charge in [-0.15, -0.1) is 0 Å². The molecule has 4 aromatic rings. The number of halogens is 1. The molecule has 0 N–H and O–H groups in total. The topological polar surface area (TPSA) is 69.0 Å². The van der Waals surface area contributed by atoms with Crippen LogP contribution in [0.15, 0.2) is 101 Å². The molecule has 8 heteroatoms. The monoisotopic (exact) mass is 582 g/mol. The largest absolute Gasteiger partial charge is 0.458 e. The number of hydrogen-bond donors (Lipinski definition) is 0. The lowest BCUT2D eigenvalue weighted by molar-refractivity contribution is -0.0263. The van der Waals surface area contributed by atoms with E-state index in [2.05, 4.69) is 44.7 Å². The van der Waals surface area contributed by atoms with Gasteiger partial charge in [-0.1, -0.05) is 86.1 Å². The maximum atomic E-state index is 14.1. The molecule has 2 aliphatic heterocycles. The Hall–Kier alpha value is -4.10. The van der Waals surface area contributed by atoms with Crippen molar-refractivity contribution in [2.75, 3.05) is 6.54 Å². The second-order valence-corrected chi connectivity index (χ2v) is 12.4. The van der Waals surface area contributed by atoms with E-state index >= 15 is 0 Å². The van der Waals surface area contributed by atoms with Crippen LogP contribution in [-0.4, -0.2) is 38.7 Å². The van der Waals surface area contributed by atoms with Crippen LogP contribution >= 0.6 is 11.6 Å². The molecule has 0 radical (unpaired) electrons. The second kappa shape index (κ2) is 11.3. The summed E-state index contributed by atoms with van der Waals surface area (Å²) in [6.07, 6.45) is 1.85.